The molecule has 1 aromatic carbocycles. The van der Waals surface area contributed by atoms with E-state index in [0.29, 0.717) is 12.1 Å². The van der Waals surface area contributed by atoms with E-state index in [-0.39, 0.29) is 5.92 Å². The summed E-state index contributed by atoms with van der Waals surface area (Å²) in [6.07, 6.45) is 3.78. The zero-order valence-corrected chi connectivity index (χ0v) is 9.48. The lowest BCUT2D eigenvalue weighted by Crippen LogP contribution is -2.10. The van der Waals surface area contributed by atoms with Crippen molar-refractivity contribution in [2.24, 2.45) is 0 Å². The number of benzene rings is 1. The fourth-order valence-corrected chi connectivity index (χ4v) is 1.83. The average Bonchev–Trinajstić information content (AvgIpc) is 2.79. The van der Waals surface area contributed by atoms with Gasteiger partial charge in [0, 0.05) is 18.5 Å². The second-order valence-electron chi connectivity index (χ2n) is 3.89. The third kappa shape index (κ3) is 2.67. The van der Waals surface area contributed by atoms with Gasteiger partial charge in [0.25, 0.3) is 0 Å². The molecule has 1 aromatic heterocycles. The van der Waals surface area contributed by atoms with Crippen molar-refractivity contribution in [1.82, 2.24) is 14.8 Å². The van der Waals surface area contributed by atoms with E-state index in [9.17, 15) is 8.78 Å². The van der Waals surface area contributed by atoms with Gasteiger partial charge in [-0.1, -0.05) is 13.0 Å². The Morgan fingerprint density at radius 1 is 1.35 bits per heavy atom. The van der Waals surface area contributed by atoms with Crippen LogP contribution in [0.4, 0.5) is 8.78 Å². The van der Waals surface area contributed by atoms with Crippen LogP contribution < -0.4 is 0 Å². The molecule has 1 atom stereocenters. The van der Waals surface area contributed by atoms with E-state index in [1.54, 1.807) is 11.0 Å². The molecule has 3 nitrogen and oxygen atoms in total. The first-order chi connectivity index (χ1) is 8.20. The monoisotopic (exact) mass is 237 g/mol. The fraction of sp³-hybridized carbons (Fsp3) is 0.333. The molecule has 90 valence electrons. The Labute approximate surface area is 98.1 Å². The zero-order valence-electron chi connectivity index (χ0n) is 9.48. The second kappa shape index (κ2) is 5.03. The first kappa shape index (κ1) is 11.7. The van der Waals surface area contributed by atoms with E-state index in [1.807, 2.05) is 6.92 Å². The van der Waals surface area contributed by atoms with E-state index >= 15 is 0 Å². The van der Waals surface area contributed by atoms with E-state index in [4.69, 9.17) is 0 Å². The summed E-state index contributed by atoms with van der Waals surface area (Å²) in [6.45, 7) is 2.50. The maximum absolute atomic E-state index is 13.6. The van der Waals surface area contributed by atoms with Crippen LogP contribution in [0.3, 0.4) is 0 Å². The van der Waals surface area contributed by atoms with Crippen LogP contribution >= 0.6 is 0 Å². The normalized spacial score (nSPS) is 12.6. The maximum Gasteiger partial charge on any atom is 0.137 e. The van der Waals surface area contributed by atoms with E-state index < -0.39 is 11.6 Å². The number of hydrogen-bond donors (Lipinski definition) is 0. The molecule has 1 heterocycles. The summed E-state index contributed by atoms with van der Waals surface area (Å²) < 4.78 is 28.1. The summed E-state index contributed by atoms with van der Waals surface area (Å²) >= 11 is 0. The van der Waals surface area contributed by atoms with Gasteiger partial charge in [-0.05, 0) is 18.1 Å². The van der Waals surface area contributed by atoms with Gasteiger partial charge < -0.3 is 0 Å². The lowest BCUT2D eigenvalue weighted by atomic mass is 9.96. The third-order valence-corrected chi connectivity index (χ3v) is 2.77. The molecule has 2 aromatic rings. The first-order valence-electron chi connectivity index (χ1n) is 5.48. The van der Waals surface area contributed by atoms with Crippen LogP contribution in [0.15, 0.2) is 30.9 Å². The predicted octanol–water partition coefficient (Wildman–Crippen LogP) is 2.75. The number of hydrogen-bond acceptors (Lipinski definition) is 2. The minimum Gasteiger partial charge on any atom is -0.252 e. The Bertz CT molecular complexity index is 483. The molecule has 0 bridgehead atoms. The summed E-state index contributed by atoms with van der Waals surface area (Å²) in [7, 11) is 0. The maximum atomic E-state index is 13.6. The lowest BCUT2D eigenvalue weighted by Gasteiger charge is -2.15. The molecular formula is C12H13F2N3. The zero-order chi connectivity index (χ0) is 12.3. The molecule has 0 saturated carbocycles. The summed E-state index contributed by atoms with van der Waals surface area (Å²) in [4.78, 5) is 3.84. The molecule has 2 rings (SSSR count). The van der Waals surface area contributed by atoms with Crippen molar-refractivity contribution in [2.45, 2.75) is 25.8 Å². The van der Waals surface area contributed by atoms with Crippen LogP contribution in [-0.4, -0.2) is 14.8 Å². The van der Waals surface area contributed by atoms with Crippen molar-refractivity contribution in [2.75, 3.05) is 0 Å². The van der Waals surface area contributed by atoms with Crippen molar-refractivity contribution in [1.29, 1.82) is 0 Å². The summed E-state index contributed by atoms with van der Waals surface area (Å²) in [5.74, 6) is -1.09. The standard InChI is InChI=1S/C12H13F2N3/c1-2-9(6-17-8-15-7-16-17)11-4-3-10(13)5-12(11)14/h3-5,7-9H,2,6H2,1H3/t9-/m1/s1. The summed E-state index contributed by atoms with van der Waals surface area (Å²) in [5.41, 5.74) is 0.518. The molecule has 0 aliphatic rings. The Morgan fingerprint density at radius 3 is 2.76 bits per heavy atom. The van der Waals surface area contributed by atoms with Gasteiger partial charge in [-0.15, -0.1) is 0 Å². The molecule has 0 radical (unpaired) electrons. The van der Waals surface area contributed by atoms with Crippen molar-refractivity contribution >= 4 is 0 Å². The number of rotatable bonds is 4. The summed E-state index contributed by atoms with van der Waals surface area (Å²) in [6, 6.07) is 3.69. The van der Waals surface area contributed by atoms with Gasteiger partial charge in [0.2, 0.25) is 0 Å². The number of nitrogens with zero attached hydrogens (tertiary/aromatic N) is 3. The van der Waals surface area contributed by atoms with Crippen LogP contribution in [-0.2, 0) is 6.54 Å². The molecule has 0 amide bonds. The Hall–Kier alpha value is -1.78. The third-order valence-electron chi connectivity index (χ3n) is 2.77. The second-order valence-corrected chi connectivity index (χ2v) is 3.89. The molecule has 5 heteroatoms. The molecule has 0 N–H and O–H groups in total. The smallest absolute Gasteiger partial charge is 0.137 e. The van der Waals surface area contributed by atoms with Crippen LogP contribution in [0.5, 0.6) is 0 Å². The summed E-state index contributed by atoms with van der Waals surface area (Å²) in [5, 5.41) is 3.99. The Balaban J connectivity index is 2.23. The van der Waals surface area contributed by atoms with E-state index in [2.05, 4.69) is 10.1 Å². The highest BCUT2D eigenvalue weighted by Gasteiger charge is 2.15. The van der Waals surface area contributed by atoms with E-state index in [0.717, 1.165) is 12.5 Å². The van der Waals surface area contributed by atoms with Gasteiger partial charge in [0.05, 0.1) is 0 Å². The topological polar surface area (TPSA) is 30.7 Å². The van der Waals surface area contributed by atoms with E-state index in [1.165, 1.54) is 18.5 Å². The Kier molecular flexibility index (Phi) is 3.46. The van der Waals surface area contributed by atoms with Crippen LogP contribution in [0, 0.1) is 11.6 Å². The van der Waals surface area contributed by atoms with Gasteiger partial charge in [-0.25, -0.2) is 13.8 Å². The number of halogens is 2. The highest BCUT2D eigenvalue weighted by atomic mass is 19.1. The highest BCUT2D eigenvalue weighted by molar-refractivity contribution is 5.22. The molecule has 0 aliphatic heterocycles. The largest absolute Gasteiger partial charge is 0.252 e. The molecule has 0 saturated heterocycles. The van der Waals surface area contributed by atoms with Crippen LogP contribution in [0.1, 0.15) is 24.8 Å². The average molecular weight is 237 g/mol. The highest BCUT2D eigenvalue weighted by Crippen LogP contribution is 2.24. The molecule has 0 unspecified atom stereocenters. The fourth-order valence-electron chi connectivity index (χ4n) is 1.83. The van der Waals surface area contributed by atoms with Gasteiger partial charge in [-0.3, -0.25) is 4.68 Å². The molecule has 0 aliphatic carbocycles. The minimum absolute atomic E-state index is 0.0303. The van der Waals surface area contributed by atoms with Gasteiger partial charge >= 0.3 is 0 Å². The molecule has 17 heavy (non-hydrogen) atoms. The first-order valence-corrected chi connectivity index (χ1v) is 5.48. The predicted molar refractivity (Wildman–Crippen MR) is 59.4 cm³/mol. The van der Waals surface area contributed by atoms with Gasteiger partial charge in [0.15, 0.2) is 0 Å². The minimum atomic E-state index is -0.554. The van der Waals surface area contributed by atoms with Crippen LogP contribution in [0.25, 0.3) is 0 Å². The molecular weight excluding hydrogens is 224 g/mol. The molecule has 0 spiro atoms. The van der Waals surface area contributed by atoms with Crippen molar-refractivity contribution in [3.8, 4) is 0 Å². The van der Waals surface area contributed by atoms with Crippen LogP contribution in [0.2, 0.25) is 0 Å². The lowest BCUT2D eigenvalue weighted by molar-refractivity contribution is 0.476. The van der Waals surface area contributed by atoms with Crippen molar-refractivity contribution in [3.63, 3.8) is 0 Å². The van der Waals surface area contributed by atoms with Gasteiger partial charge in [0.1, 0.15) is 24.3 Å². The van der Waals surface area contributed by atoms with Gasteiger partial charge in [-0.2, -0.15) is 5.10 Å². The Morgan fingerprint density at radius 2 is 2.18 bits per heavy atom. The quantitative estimate of drug-likeness (QED) is 0.818. The SMILES string of the molecule is CC[C@H](Cn1cncn1)c1ccc(F)cc1F. The molecule has 0 fully saturated rings. The number of aromatic nitrogens is 3. The van der Waals surface area contributed by atoms with Crippen molar-refractivity contribution < 1.29 is 8.78 Å². The van der Waals surface area contributed by atoms with Crippen molar-refractivity contribution in [3.05, 3.63) is 48.1 Å².